The highest BCUT2D eigenvalue weighted by atomic mass is 35.5. The fourth-order valence-corrected chi connectivity index (χ4v) is 2.13. The number of hydrogen-bond acceptors (Lipinski definition) is 4. The highest BCUT2D eigenvalue weighted by Crippen LogP contribution is 2.22. The number of nitrogens with one attached hydrogen (secondary N) is 1. The number of nitrogens with zero attached hydrogens (tertiary/aromatic N) is 1. The Morgan fingerprint density at radius 2 is 1.91 bits per heavy atom. The fourth-order valence-electron chi connectivity index (χ4n) is 1.90. The van der Waals surface area contributed by atoms with E-state index < -0.39 is 10.8 Å². The Morgan fingerprint density at radius 3 is 2.50 bits per heavy atom. The molecule has 7 heteroatoms. The molecule has 1 amide bonds. The van der Waals surface area contributed by atoms with Crippen molar-refractivity contribution in [2.24, 2.45) is 0 Å². The number of amides is 1. The zero-order valence-corrected chi connectivity index (χ0v) is 12.2. The van der Waals surface area contributed by atoms with Crippen molar-refractivity contribution in [3.63, 3.8) is 0 Å². The summed E-state index contributed by atoms with van der Waals surface area (Å²) in [6.07, 6.45) is 0.536. The van der Waals surface area contributed by atoms with Crippen LogP contribution in [0.4, 0.5) is 11.4 Å². The molecule has 0 aliphatic heterocycles. The van der Waals surface area contributed by atoms with Crippen LogP contribution in [0.25, 0.3) is 0 Å². The number of nitro groups is 1. The van der Waals surface area contributed by atoms with Gasteiger partial charge in [-0.15, -0.1) is 0 Å². The smallest absolute Gasteiger partial charge is 0.271 e. The largest absolute Gasteiger partial charge is 0.396 e. The van der Waals surface area contributed by atoms with Crippen molar-refractivity contribution in [2.75, 3.05) is 11.9 Å². The minimum absolute atomic E-state index is 0.0535. The van der Waals surface area contributed by atoms with E-state index in [4.69, 9.17) is 16.7 Å². The summed E-state index contributed by atoms with van der Waals surface area (Å²) >= 11 is 5.79. The number of hydrogen-bond donors (Lipinski definition) is 2. The van der Waals surface area contributed by atoms with E-state index >= 15 is 0 Å². The predicted octanol–water partition coefficient (Wildman–Crippen LogP) is 3.04. The first-order valence-corrected chi connectivity index (χ1v) is 6.83. The number of benzene rings is 2. The monoisotopic (exact) mass is 320 g/mol. The van der Waals surface area contributed by atoms with Crippen LogP contribution in [0.15, 0.2) is 42.5 Å². The van der Waals surface area contributed by atoms with Crippen LogP contribution in [-0.4, -0.2) is 22.5 Å². The van der Waals surface area contributed by atoms with Gasteiger partial charge in [0.05, 0.1) is 4.92 Å². The summed E-state index contributed by atoms with van der Waals surface area (Å²) in [5.74, 6) is -0.486. The van der Waals surface area contributed by atoms with E-state index in [1.54, 1.807) is 24.3 Å². The Balaban J connectivity index is 2.16. The minimum atomic E-state index is -0.605. The van der Waals surface area contributed by atoms with E-state index in [1.165, 1.54) is 18.2 Å². The third-order valence-electron chi connectivity index (χ3n) is 2.97. The first kappa shape index (κ1) is 15.9. The Labute approximate surface area is 131 Å². The van der Waals surface area contributed by atoms with Gasteiger partial charge < -0.3 is 10.4 Å². The number of carbonyl (C=O) groups is 1. The van der Waals surface area contributed by atoms with Crippen LogP contribution in [-0.2, 0) is 6.42 Å². The van der Waals surface area contributed by atoms with Crippen LogP contribution in [0.5, 0.6) is 0 Å². The van der Waals surface area contributed by atoms with Crippen LogP contribution in [0.1, 0.15) is 15.9 Å². The number of aliphatic hydroxyl groups is 1. The quantitative estimate of drug-likeness (QED) is 0.654. The van der Waals surface area contributed by atoms with Gasteiger partial charge in [-0.2, -0.15) is 0 Å². The van der Waals surface area contributed by atoms with E-state index in [1.807, 2.05) is 0 Å². The standard InChI is InChI=1S/C15H13ClN2O4/c16-12-7-11(8-14(9-12)18(21)22)15(20)17-13-3-1-10(2-4-13)5-6-19/h1-4,7-9,19H,5-6H2,(H,17,20). The van der Waals surface area contributed by atoms with Gasteiger partial charge in [-0.05, 0) is 30.2 Å². The lowest BCUT2D eigenvalue weighted by molar-refractivity contribution is -0.384. The average molecular weight is 321 g/mol. The number of rotatable bonds is 5. The van der Waals surface area contributed by atoms with Crippen molar-refractivity contribution in [1.82, 2.24) is 0 Å². The molecule has 0 aliphatic carbocycles. The Bertz CT molecular complexity index is 701. The van der Waals surface area contributed by atoms with Gasteiger partial charge in [0, 0.05) is 35.0 Å². The molecule has 2 rings (SSSR count). The maximum Gasteiger partial charge on any atom is 0.271 e. The van der Waals surface area contributed by atoms with Crippen molar-refractivity contribution in [3.05, 3.63) is 68.7 Å². The lowest BCUT2D eigenvalue weighted by Gasteiger charge is -2.07. The lowest BCUT2D eigenvalue weighted by Crippen LogP contribution is -2.12. The second kappa shape index (κ2) is 7.02. The SMILES string of the molecule is O=C(Nc1ccc(CCO)cc1)c1cc(Cl)cc([N+](=O)[O-])c1. The summed E-state index contributed by atoms with van der Waals surface area (Å²) in [6.45, 7) is 0.0535. The Hall–Kier alpha value is -2.44. The first-order valence-electron chi connectivity index (χ1n) is 6.46. The van der Waals surface area contributed by atoms with Crippen molar-refractivity contribution in [1.29, 1.82) is 0 Å². The second-order valence-corrected chi connectivity index (χ2v) is 5.02. The Kier molecular flexibility index (Phi) is 5.08. The molecule has 2 aromatic carbocycles. The molecule has 0 unspecified atom stereocenters. The molecule has 2 aromatic rings. The molecule has 0 fully saturated rings. The maximum atomic E-state index is 12.1. The highest BCUT2D eigenvalue weighted by Gasteiger charge is 2.14. The summed E-state index contributed by atoms with van der Waals surface area (Å²) in [5.41, 5.74) is 1.36. The summed E-state index contributed by atoms with van der Waals surface area (Å²) in [7, 11) is 0. The summed E-state index contributed by atoms with van der Waals surface area (Å²) in [4.78, 5) is 22.3. The van der Waals surface area contributed by atoms with Gasteiger partial charge in [0.15, 0.2) is 0 Å². The molecule has 0 bridgehead atoms. The zero-order valence-electron chi connectivity index (χ0n) is 11.5. The van der Waals surface area contributed by atoms with E-state index in [0.717, 1.165) is 5.56 Å². The zero-order chi connectivity index (χ0) is 16.1. The Morgan fingerprint density at radius 1 is 1.23 bits per heavy atom. The van der Waals surface area contributed by atoms with Crippen LogP contribution in [0, 0.1) is 10.1 Å². The van der Waals surface area contributed by atoms with Gasteiger partial charge >= 0.3 is 0 Å². The second-order valence-electron chi connectivity index (χ2n) is 4.58. The molecule has 0 radical (unpaired) electrons. The molecule has 0 aromatic heterocycles. The molecule has 0 saturated carbocycles. The number of anilines is 1. The number of nitro benzene ring substituents is 1. The van der Waals surface area contributed by atoms with Crippen LogP contribution >= 0.6 is 11.6 Å². The van der Waals surface area contributed by atoms with Gasteiger partial charge in [0.1, 0.15) is 0 Å². The highest BCUT2D eigenvalue weighted by molar-refractivity contribution is 6.31. The van der Waals surface area contributed by atoms with Gasteiger partial charge in [-0.1, -0.05) is 23.7 Å². The number of aliphatic hydroxyl groups excluding tert-OH is 1. The van der Waals surface area contributed by atoms with E-state index in [-0.39, 0.29) is 22.9 Å². The number of non-ortho nitro benzene ring substituents is 1. The van der Waals surface area contributed by atoms with Crippen molar-refractivity contribution < 1.29 is 14.8 Å². The summed E-state index contributed by atoms with van der Waals surface area (Å²) in [6, 6.07) is 10.7. The first-order chi connectivity index (χ1) is 10.5. The van der Waals surface area contributed by atoms with Gasteiger partial charge in [0.25, 0.3) is 11.6 Å². The lowest BCUT2D eigenvalue weighted by atomic mass is 10.1. The predicted molar refractivity (Wildman–Crippen MR) is 83.3 cm³/mol. The molecule has 0 spiro atoms. The third kappa shape index (κ3) is 4.03. The molecular weight excluding hydrogens is 308 g/mol. The molecule has 6 nitrogen and oxygen atoms in total. The van der Waals surface area contributed by atoms with Crippen molar-refractivity contribution >= 4 is 28.9 Å². The molecular formula is C15H13ClN2O4. The van der Waals surface area contributed by atoms with Crippen molar-refractivity contribution in [2.45, 2.75) is 6.42 Å². The minimum Gasteiger partial charge on any atom is -0.396 e. The molecule has 2 N–H and O–H groups in total. The third-order valence-corrected chi connectivity index (χ3v) is 3.19. The van der Waals surface area contributed by atoms with Crippen LogP contribution in [0.3, 0.4) is 0 Å². The van der Waals surface area contributed by atoms with E-state index in [0.29, 0.717) is 12.1 Å². The van der Waals surface area contributed by atoms with Gasteiger partial charge in [0.2, 0.25) is 0 Å². The molecule has 0 aliphatic rings. The molecule has 0 saturated heterocycles. The molecule has 0 atom stereocenters. The fraction of sp³-hybridized carbons (Fsp3) is 0.133. The van der Waals surface area contributed by atoms with Crippen LogP contribution < -0.4 is 5.32 Å². The average Bonchev–Trinajstić information content (AvgIpc) is 2.49. The number of carbonyl (C=O) groups excluding carboxylic acids is 1. The van der Waals surface area contributed by atoms with Gasteiger partial charge in [-0.25, -0.2) is 0 Å². The summed E-state index contributed by atoms with van der Waals surface area (Å²) < 4.78 is 0. The van der Waals surface area contributed by atoms with Gasteiger partial charge in [-0.3, -0.25) is 14.9 Å². The van der Waals surface area contributed by atoms with Crippen molar-refractivity contribution in [3.8, 4) is 0 Å². The molecule has 22 heavy (non-hydrogen) atoms. The van der Waals surface area contributed by atoms with E-state index in [9.17, 15) is 14.9 Å². The van der Waals surface area contributed by atoms with Crippen LogP contribution in [0.2, 0.25) is 5.02 Å². The normalized spacial score (nSPS) is 10.3. The molecule has 114 valence electrons. The maximum absolute atomic E-state index is 12.1. The van der Waals surface area contributed by atoms with E-state index in [2.05, 4.69) is 5.32 Å². The molecule has 0 heterocycles. The topological polar surface area (TPSA) is 92.5 Å². The summed E-state index contributed by atoms with van der Waals surface area (Å²) in [5, 5.41) is 22.4. The number of halogens is 1.